The summed E-state index contributed by atoms with van der Waals surface area (Å²) in [5.74, 6) is -1.16. The zero-order valence-corrected chi connectivity index (χ0v) is 16.4. The number of nitrogens with two attached hydrogens (primary N) is 3. The van der Waals surface area contributed by atoms with Crippen molar-refractivity contribution < 1.29 is 14.7 Å². The Balaban J connectivity index is 2.11. The molecule has 2 rings (SSSR count). The summed E-state index contributed by atoms with van der Waals surface area (Å²) in [6, 6.07) is 4.84. The predicted octanol–water partition coefficient (Wildman–Crippen LogP) is -0.831. The van der Waals surface area contributed by atoms with Crippen LogP contribution < -0.4 is 22.5 Å². The molecule has 0 bridgehead atoms. The molecule has 0 aliphatic heterocycles. The molecule has 1 heterocycles. The second-order valence-corrected chi connectivity index (χ2v) is 6.55. The standard InChI is InChI=1S/C19H26N8O3/c20-17(29)15(8-13-10-23-11-26-13)27-18(30)14(5-3-7-24-19(21)22)25-9-12-4-1-2-6-16(12)28/h1-2,4,6,9-11,14-15,28H,3,5,7-8H2,(H2,20,29)(H,23,26)(H,27,30)(H4,21,22,24). The Hall–Kier alpha value is -3.89. The SMILES string of the molecule is NC(=O)C(Cc1cnc[nH]1)NC(=O)C(CCCN=C(N)N)N=Cc1ccccc1O. The fourth-order valence-electron chi connectivity index (χ4n) is 2.64. The first-order chi connectivity index (χ1) is 14.4. The number of nitrogens with one attached hydrogen (secondary N) is 2. The van der Waals surface area contributed by atoms with Crippen LogP contribution in [0.15, 0.2) is 46.8 Å². The lowest BCUT2D eigenvalue weighted by Crippen LogP contribution is -2.49. The van der Waals surface area contributed by atoms with Crippen LogP contribution >= 0.6 is 0 Å². The smallest absolute Gasteiger partial charge is 0.245 e. The topological polar surface area (TPSA) is 198 Å². The van der Waals surface area contributed by atoms with E-state index in [0.717, 1.165) is 0 Å². The molecule has 2 aromatic rings. The van der Waals surface area contributed by atoms with E-state index in [4.69, 9.17) is 17.2 Å². The van der Waals surface area contributed by atoms with Crippen molar-refractivity contribution in [3.63, 3.8) is 0 Å². The van der Waals surface area contributed by atoms with Crippen LogP contribution in [0.5, 0.6) is 5.75 Å². The molecule has 160 valence electrons. The summed E-state index contributed by atoms with van der Waals surface area (Å²) in [6.07, 6.45) is 5.40. The quantitative estimate of drug-likeness (QED) is 0.157. The van der Waals surface area contributed by atoms with Crippen molar-refractivity contribution >= 4 is 24.0 Å². The number of phenolic OH excluding ortho intramolecular Hbond substituents is 1. The second-order valence-electron chi connectivity index (χ2n) is 6.55. The minimum Gasteiger partial charge on any atom is -0.507 e. The molecule has 11 heteroatoms. The number of phenols is 1. The number of carbonyl (C=O) groups is 2. The first-order valence-electron chi connectivity index (χ1n) is 9.30. The van der Waals surface area contributed by atoms with Gasteiger partial charge in [0.1, 0.15) is 17.8 Å². The number of H-pyrrole nitrogens is 1. The van der Waals surface area contributed by atoms with Gasteiger partial charge in [-0.1, -0.05) is 12.1 Å². The summed E-state index contributed by atoms with van der Waals surface area (Å²) in [6.45, 7) is 0.325. The number of nitrogens with zero attached hydrogens (tertiary/aromatic N) is 3. The molecule has 0 saturated carbocycles. The Morgan fingerprint density at radius 2 is 2.03 bits per heavy atom. The van der Waals surface area contributed by atoms with Gasteiger partial charge in [-0.25, -0.2) is 4.98 Å². The summed E-state index contributed by atoms with van der Waals surface area (Å²) in [4.78, 5) is 39.6. The number of aromatic hydroxyl groups is 1. The van der Waals surface area contributed by atoms with E-state index in [0.29, 0.717) is 30.6 Å². The normalized spacial score (nSPS) is 12.9. The highest BCUT2D eigenvalue weighted by Gasteiger charge is 2.24. The third-order valence-electron chi connectivity index (χ3n) is 4.20. The maximum atomic E-state index is 12.8. The second kappa shape index (κ2) is 11.2. The van der Waals surface area contributed by atoms with Crippen LogP contribution in [-0.4, -0.2) is 57.7 Å². The molecule has 0 spiro atoms. The molecular formula is C19H26N8O3. The summed E-state index contributed by atoms with van der Waals surface area (Å²) < 4.78 is 0. The number of aliphatic imine (C=N–C) groups is 2. The average molecular weight is 414 g/mol. The number of amides is 2. The fraction of sp³-hybridized carbons (Fsp3) is 0.316. The Morgan fingerprint density at radius 3 is 2.67 bits per heavy atom. The number of hydrogen-bond donors (Lipinski definition) is 6. The first kappa shape index (κ1) is 22.4. The molecule has 1 aromatic heterocycles. The van der Waals surface area contributed by atoms with Crippen molar-refractivity contribution in [2.45, 2.75) is 31.3 Å². The minimum atomic E-state index is -0.932. The molecule has 0 radical (unpaired) electrons. The molecule has 9 N–H and O–H groups in total. The Bertz CT molecular complexity index is 891. The molecule has 2 unspecified atom stereocenters. The van der Waals surface area contributed by atoms with Crippen LogP contribution in [0.1, 0.15) is 24.1 Å². The molecule has 2 amide bonds. The van der Waals surface area contributed by atoms with E-state index in [9.17, 15) is 14.7 Å². The summed E-state index contributed by atoms with van der Waals surface area (Å²) in [7, 11) is 0. The van der Waals surface area contributed by atoms with Gasteiger partial charge in [0.05, 0.1) is 6.33 Å². The number of benzene rings is 1. The lowest BCUT2D eigenvalue weighted by molar-refractivity contribution is -0.128. The maximum absolute atomic E-state index is 12.8. The zero-order chi connectivity index (χ0) is 21.9. The number of imidazole rings is 1. The molecule has 0 saturated heterocycles. The van der Waals surface area contributed by atoms with Gasteiger partial charge in [-0.2, -0.15) is 0 Å². The van der Waals surface area contributed by atoms with Gasteiger partial charge in [0.15, 0.2) is 5.96 Å². The van der Waals surface area contributed by atoms with Crippen LogP contribution in [0.25, 0.3) is 0 Å². The average Bonchev–Trinajstić information content (AvgIpc) is 3.20. The molecule has 1 aromatic carbocycles. The largest absolute Gasteiger partial charge is 0.507 e. The van der Waals surface area contributed by atoms with Crippen LogP contribution in [0.3, 0.4) is 0 Å². The molecule has 30 heavy (non-hydrogen) atoms. The molecule has 0 fully saturated rings. The Morgan fingerprint density at radius 1 is 1.27 bits per heavy atom. The lowest BCUT2D eigenvalue weighted by atomic mass is 10.1. The van der Waals surface area contributed by atoms with E-state index in [2.05, 4.69) is 25.3 Å². The number of hydrogen-bond acceptors (Lipinski definition) is 6. The van der Waals surface area contributed by atoms with Gasteiger partial charge < -0.3 is 32.6 Å². The number of carbonyl (C=O) groups excluding carboxylic acids is 2. The maximum Gasteiger partial charge on any atom is 0.245 e. The van der Waals surface area contributed by atoms with Crippen molar-refractivity contribution in [2.24, 2.45) is 27.2 Å². The van der Waals surface area contributed by atoms with Crippen molar-refractivity contribution in [3.8, 4) is 5.75 Å². The highest BCUT2D eigenvalue weighted by molar-refractivity contribution is 5.91. The highest BCUT2D eigenvalue weighted by atomic mass is 16.3. The van der Waals surface area contributed by atoms with E-state index >= 15 is 0 Å². The van der Waals surface area contributed by atoms with Gasteiger partial charge in [-0.3, -0.25) is 19.6 Å². The third kappa shape index (κ3) is 7.26. The summed E-state index contributed by atoms with van der Waals surface area (Å²) in [5.41, 5.74) is 17.2. The van der Waals surface area contributed by atoms with E-state index in [1.165, 1.54) is 18.6 Å². The monoisotopic (exact) mass is 414 g/mol. The molecule has 0 aliphatic rings. The van der Waals surface area contributed by atoms with Gasteiger partial charge in [0.2, 0.25) is 11.8 Å². The van der Waals surface area contributed by atoms with Gasteiger partial charge >= 0.3 is 0 Å². The lowest BCUT2D eigenvalue weighted by Gasteiger charge is -2.18. The summed E-state index contributed by atoms with van der Waals surface area (Å²) in [5, 5.41) is 12.5. The number of aromatic amines is 1. The van der Waals surface area contributed by atoms with E-state index in [-0.39, 0.29) is 18.1 Å². The van der Waals surface area contributed by atoms with Crippen molar-refractivity contribution in [2.75, 3.05) is 6.54 Å². The van der Waals surface area contributed by atoms with Crippen LogP contribution in [-0.2, 0) is 16.0 Å². The van der Waals surface area contributed by atoms with Gasteiger partial charge in [-0.15, -0.1) is 0 Å². The van der Waals surface area contributed by atoms with Crippen LogP contribution in [0, 0.1) is 0 Å². The predicted molar refractivity (Wildman–Crippen MR) is 113 cm³/mol. The number of aromatic nitrogens is 2. The zero-order valence-electron chi connectivity index (χ0n) is 16.4. The van der Waals surface area contributed by atoms with Crippen LogP contribution in [0.4, 0.5) is 0 Å². The number of rotatable bonds is 11. The van der Waals surface area contributed by atoms with Gasteiger partial charge in [0, 0.05) is 36.6 Å². The fourth-order valence-corrected chi connectivity index (χ4v) is 2.64. The van der Waals surface area contributed by atoms with Crippen molar-refractivity contribution in [1.82, 2.24) is 15.3 Å². The summed E-state index contributed by atoms with van der Waals surface area (Å²) >= 11 is 0. The van der Waals surface area contributed by atoms with Crippen molar-refractivity contribution in [1.29, 1.82) is 0 Å². The Kier molecular flexibility index (Phi) is 8.36. The van der Waals surface area contributed by atoms with E-state index in [1.807, 2.05) is 0 Å². The number of primary amides is 1. The highest BCUT2D eigenvalue weighted by Crippen LogP contribution is 2.14. The molecule has 0 aliphatic carbocycles. The van der Waals surface area contributed by atoms with Gasteiger partial charge in [0.25, 0.3) is 0 Å². The first-order valence-corrected chi connectivity index (χ1v) is 9.30. The van der Waals surface area contributed by atoms with Crippen LogP contribution in [0.2, 0.25) is 0 Å². The third-order valence-corrected chi connectivity index (χ3v) is 4.20. The van der Waals surface area contributed by atoms with Gasteiger partial charge in [-0.05, 0) is 25.0 Å². The Labute approximate surface area is 173 Å². The number of guanidine groups is 1. The number of para-hydroxylation sites is 1. The molecule has 11 nitrogen and oxygen atoms in total. The molecular weight excluding hydrogens is 388 g/mol. The van der Waals surface area contributed by atoms with E-state index in [1.54, 1.807) is 24.4 Å². The minimum absolute atomic E-state index is 0.0372. The van der Waals surface area contributed by atoms with E-state index < -0.39 is 23.9 Å². The van der Waals surface area contributed by atoms with Crippen molar-refractivity contribution in [3.05, 3.63) is 48.0 Å². The molecule has 2 atom stereocenters.